The van der Waals surface area contributed by atoms with Crippen LogP contribution in [-0.2, 0) is 16.1 Å². The van der Waals surface area contributed by atoms with E-state index in [9.17, 15) is 14.9 Å². The molecular formula is C28H26N2O6. The zero-order chi connectivity index (χ0) is 25.8. The van der Waals surface area contributed by atoms with Gasteiger partial charge in [-0.2, -0.15) is 5.26 Å². The van der Waals surface area contributed by atoms with Crippen molar-refractivity contribution in [2.45, 2.75) is 20.4 Å². The van der Waals surface area contributed by atoms with Crippen LogP contribution >= 0.6 is 0 Å². The molecule has 1 amide bonds. The number of esters is 1. The van der Waals surface area contributed by atoms with Gasteiger partial charge in [-0.1, -0.05) is 18.2 Å². The summed E-state index contributed by atoms with van der Waals surface area (Å²) in [5.41, 5.74) is 1.26. The number of carbonyl (C=O) groups excluding carboxylic acids is 2. The fourth-order valence-electron chi connectivity index (χ4n) is 3.11. The Labute approximate surface area is 209 Å². The van der Waals surface area contributed by atoms with E-state index in [0.717, 1.165) is 11.3 Å². The summed E-state index contributed by atoms with van der Waals surface area (Å²) in [5.74, 6) is 0.729. The van der Waals surface area contributed by atoms with Crippen LogP contribution in [0.5, 0.6) is 17.2 Å². The molecule has 0 fully saturated rings. The van der Waals surface area contributed by atoms with Crippen LogP contribution in [-0.4, -0.2) is 25.1 Å². The molecule has 0 atom stereocenters. The van der Waals surface area contributed by atoms with Crippen LogP contribution in [0, 0.1) is 11.3 Å². The summed E-state index contributed by atoms with van der Waals surface area (Å²) >= 11 is 0. The summed E-state index contributed by atoms with van der Waals surface area (Å²) < 4.78 is 21.6. The lowest BCUT2D eigenvalue weighted by molar-refractivity contribution is -0.129. The normalized spacial score (nSPS) is 11.1. The molecule has 0 aliphatic rings. The van der Waals surface area contributed by atoms with Crippen LogP contribution in [0.15, 0.2) is 76.9 Å². The van der Waals surface area contributed by atoms with Crippen molar-refractivity contribution in [3.8, 4) is 23.3 Å². The molecule has 1 aromatic heterocycles. The largest absolute Gasteiger partial charge is 0.494 e. The molecule has 0 unspecified atom stereocenters. The number of hydrogen-bond acceptors (Lipinski definition) is 7. The molecular weight excluding hydrogens is 460 g/mol. The van der Waals surface area contributed by atoms with Crippen LogP contribution in [0.4, 0.5) is 0 Å². The Hall–Kier alpha value is -4.77. The third-order valence-corrected chi connectivity index (χ3v) is 4.76. The van der Waals surface area contributed by atoms with Gasteiger partial charge in [-0.05, 0) is 73.5 Å². The Morgan fingerprint density at radius 1 is 1.00 bits per heavy atom. The number of benzene rings is 2. The quantitative estimate of drug-likeness (QED) is 0.177. The van der Waals surface area contributed by atoms with E-state index in [1.165, 1.54) is 18.4 Å². The van der Waals surface area contributed by atoms with E-state index in [-0.39, 0.29) is 17.9 Å². The molecule has 1 N–H and O–H groups in total. The zero-order valence-electron chi connectivity index (χ0n) is 20.0. The second kappa shape index (κ2) is 13.2. The molecule has 0 radical (unpaired) electrons. The van der Waals surface area contributed by atoms with Crippen LogP contribution < -0.4 is 19.5 Å². The third-order valence-electron chi connectivity index (χ3n) is 4.76. The highest BCUT2D eigenvalue weighted by molar-refractivity contribution is 6.01. The molecule has 0 bridgehead atoms. The standard InChI is InChI=1S/C28H26N2O6/c1-3-33-23-11-7-20(8-12-23)10-14-27(31)36-25-13-9-21(17-26(25)34-4-2)16-22(18-29)28(32)30-19-24-6-5-15-35-24/h5-17H,3-4,19H2,1-2H3,(H,30,32)/b14-10+,22-16+. The van der Waals surface area contributed by atoms with Crippen molar-refractivity contribution in [2.24, 2.45) is 0 Å². The molecule has 184 valence electrons. The third kappa shape index (κ3) is 7.64. The Morgan fingerprint density at radius 3 is 2.42 bits per heavy atom. The first-order chi connectivity index (χ1) is 17.5. The van der Waals surface area contributed by atoms with Gasteiger partial charge in [0, 0.05) is 6.08 Å². The number of ether oxygens (including phenoxy) is 3. The first-order valence-corrected chi connectivity index (χ1v) is 11.3. The Bertz CT molecular complexity index is 1270. The predicted octanol–water partition coefficient (Wildman–Crippen LogP) is 4.92. The van der Waals surface area contributed by atoms with E-state index in [1.54, 1.807) is 43.3 Å². The maximum Gasteiger partial charge on any atom is 0.336 e. The molecule has 0 saturated heterocycles. The lowest BCUT2D eigenvalue weighted by atomic mass is 10.1. The summed E-state index contributed by atoms with van der Waals surface area (Å²) in [4.78, 5) is 24.8. The summed E-state index contributed by atoms with van der Waals surface area (Å²) in [7, 11) is 0. The number of carbonyl (C=O) groups is 2. The van der Waals surface area contributed by atoms with Crippen molar-refractivity contribution in [1.82, 2.24) is 5.32 Å². The molecule has 0 saturated carbocycles. The van der Waals surface area contributed by atoms with E-state index in [4.69, 9.17) is 18.6 Å². The predicted molar refractivity (Wildman–Crippen MR) is 134 cm³/mol. The van der Waals surface area contributed by atoms with Gasteiger partial charge in [0.25, 0.3) is 5.91 Å². The van der Waals surface area contributed by atoms with Crippen molar-refractivity contribution in [3.63, 3.8) is 0 Å². The highest BCUT2D eigenvalue weighted by Gasteiger charge is 2.13. The maximum atomic E-state index is 12.4. The van der Waals surface area contributed by atoms with Crippen molar-refractivity contribution in [1.29, 1.82) is 5.26 Å². The topological polar surface area (TPSA) is 111 Å². The van der Waals surface area contributed by atoms with Gasteiger partial charge >= 0.3 is 5.97 Å². The summed E-state index contributed by atoms with van der Waals surface area (Å²) in [6.45, 7) is 4.77. The molecule has 0 aliphatic heterocycles. The van der Waals surface area contributed by atoms with Crippen molar-refractivity contribution in [3.05, 3.63) is 89.4 Å². The van der Waals surface area contributed by atoms with E-state index in [1.807, 2.05) is 37.3 Å². The van der Waals surface area contributed by atoms with Crippen LogP contribution in [0.25, 0.3) is 12.2 Å². The Balaban J connectivity index is 1.69. The van der Waals surface area contributed by atoms with E-state index in [2.05, 4.69) is 5.32 Å². The molecule has 0 spiro atoms. The first kappa shape index (κ1) is 25.8. The molecule has 3 rings (SSSR count). The number of nitriles is 1. The number of amides is 1. The SMILES string of the molecule is CCOc1ccc(/C=C/C(=O)Oc2ccc(/C=C(\C#N)C(=O)NCc3ccco3)cc2OCC)cc1. The van der Waals surface area contributed by atoms with Gasteiger partial charge in [0.2, 0.25) is 0 Å². The lowest BCUT2D eigenvalue weighted by Gasteiger charge is -2.11. The zero-order valence-corrected chi connectivity index (χ0v) is 20.0. The summed E-state index contributed by atoms with van der Waals surface area (Å²) in [6, 6.07) is 17.4. The molecule has 3 aromatic rings. The second-order valence-corrected chi connectivity index (χ2v) is 7.33. The minimum Gasteiger partial charge on any atom is -0.494 e. The maximum absolute atomic E-state index is 12.4. The molecule has 2 aromatic carbocycles. The first-order valence-electron chi connectivity index (χ1n) is 11.3. The van der Waals surface area contributed by atoms with Gasteiger partial charge in [0.1, 0.15) is 23.2 Å². The van der Waals surface area contributed by atoms with Gasteiger partial charge in [-0.3, -0.25) is 4.79 Å². The second-order valence-electron chi connectivity index (χ2n) is 7.33. The summed E-state index contributed by atoms with van der Waals surface area (Å²) in [5, 5.41) is 12.1. The lowest BCUT2D eigenvalue weighted by Crippen LogP contribution is -2.23. The van der Waals surface area contributed by atoms with Gasteiger partial charge in [0.15, 0.2) is 11.5 Å². The fraction of sp³-hybridized carbons (Fsp3) is 0.179. The van der Waals surface area contributed by atoms with Crippen LogP contribution in [0.2, 0.25) is 0 Å². The fourth-order valence-corrected chi connectivity index (χ4v) is 3.11. The van der Waals surface area contributed by atoms with Crippen molar-refractivity contribution in [2.75, 3.05) is 13.2 Å². The number of hydrogen-bond donors (Lipinski definition) is 1. The molecule has 36 heavy (non-hydrogen) atoms. The number of rotatable bonds is 11. The number of nitrogens with zero attached hydrogens (tertiary/aromatic N) is 1. The van der Waals surface area contributed by atoms with Crippen molar-refractivity contribution >= 4 is 24.0 Å². The smallest absolute Gasteiger partial charge is 0.336 e. The highest BCUT2D eigenvalue weighted by Crippen LogP contribution is 2.30. The average Bonchev–Trinajstić information content (AvgIpc) is 3.41. The highest BCUT2D eigenvalue weighted by atomic mass is 16.6. The van der Waals surface area contributed by atoms with Gasteiger partial charge < -0.3 is 23.9 Å². The van der Waals surface area contributed by atoms with Crippen molar-refractivity contribution < 1.29 is 28.2 Å². The monoisotopic (exact) mass is 486 g/mol. The number of nitrogens with one attached hydrogen (secondary N) is 1. The van der Waals surface area contributed by atoms with Crippen LogP contribution in [0.1, 0.15) is 30.7 Å². The van der Waals surface area contributed by atoms with Gasteiger partial charge in [-0.25, -0.2) is 4.79 Å². The van der Waals surface area contributed by atoms with Gasteiger partial charge in [0.05, 0.1) is 26.0 Å². The minimum atomic E-state index is -0.580. The average molecular weight is 487 g/mol. The molecule has 8 nitrogen and oxygen atoms in total. The van der Waals surface area contributed by atoms with E-state index >= 15 is 0 Å². The Morgan fingerprint density at radius 2 is 1.75 bits per heavy atom. The molecule has 8 heteroatoms. The Kier molecular flexibility index (Phi) is 9.48. The number of furan rings is 1. The molecule has 0 aliphatic carbocycles. The summed E-state index contributed by atoms with van der Waals surface area (Å²) in [6.07, 6.45) is 5.88. The van der Waals surface area contributed by atoms with E-state index < -0.39 is 11.9 Å². The van der Waals surface area contributed by atoms with Crippen LogP contribution in [0.3, 0.4) is 0 Å². The molecule has 1 heterocycles. The minimum absolute atomic E-state index is 0.0907. The van der Waals surface area contributed by atoms with Gasteiger partial charge in [-0.15, -0.1) is 0 Å². The van der Waals surface area contributed by atoms with E-state index in [0.29, 0.717) is 30.3 Å².